The van der Waals surface area contributed by atoms with Crippen molar-refractivity contribution in [3.05, 3.63) is 84.7 Å². The summed E-state index contributed by atoms with van der Waals surface area (Å²) in [5.41, 5.74) is 2.76. The van der Waals surface area contributed by atoms with E-state index in [4.69, 9.17) is 5.11 Å². The maximum atomic E-state index is 8.41. The Bertz CT molecular complexity index is 408. The van der Waals surface area contributed by atoms with Crippen LogP contribution in [0.15, 0.2) is 73.6 Å². The molecule has 0 radical (unpaired) electrons. The van der Waals surface area contributed by atoms with Crippen molar-refractivity contribution in [3.63, 3.8) is 0 Å². The predicted molar refractivity (Wildman–Crippen MR) is 103 cm³/mol. The van der Waals surface area contributed by atoms with Gasteiger partial charge in [0.2, 0.25) is 0 Å². The predicted octanol–water partition coefficient (Wildman–Crippen LogP) is 6.97. The van der Waals surface area contributed by atoms with E-state index in [0.717, 1.165) is 6.42 Å². The van der Waals surface area contributed by atoms with Crippen LogP contribution in [0.3, 0.4) is 0 Å². The molecule has 22 heavy (non-hydrogen) atoms. The number of allylic oxidation sites excluding steroid dienone is 5. The Morgan fingerprint density at radius 1 is 1.09 bits per heavy atom. The van der Waals surface area contributed by atoms with Gasteiger partial charge in [-0.2, -0.15) is 0 Å². The Labute approximate surface area is 138 Å². The molecule has 0 amide bonds. The summed E-state index contributed by atoms with van der Waals surface area (Å²) < 4.78 is 0. The summed E-state index contributed by atoms with van der Waals surface area (Å²) in [6.45, 7) is 18.8. The van der Waals surface area contributed by atoms with E-state index in [0.29, 0.717) is 0 Å². The second-order valence-electron chi connectivity index (χ2n) is 4.02. The molecule has 0 unspecified atom stereocenters. The Hall–Kier alpha value is -2.02. The van der Waals surface area contributed by atoms with E-state index in [2.05, 4.69) is 51.3 Å². The number of benzene rings is 1. The number of aliphatic hydroxyl groups excluding tert-OH is 1. The topological polar surface area (TPSA) is 20.2 Å². The van der Waals surface area contributed by atoms with Gasteiger partial charge in [-0.25, -0.2) is 0 Å². The monoisotopic (exact) mass is 302 g/mol. The Morgan fingerprint density at radius 3 is 1.77 bits per heavy atom. The molecule has 0 aliphatic rings. The molecule has 1 aromatic carbocycles. The molecular weight excluding hydrogens is 268 g/mol. The molecule has 0 aromatic heterocycles. The van der Waals surface area contributed by atoms with Crippen LogP contribution in [0.2, 0.25) is 0 Å². The SMILES string of the molecule is C=C/C(O)=C\C.C=C/C=C\C.CC.CCc1ccc(C)cc1. The van der Waals surface area contributed by atoms with Crippen LogP contribution in [0, 0.1) is 6.92 Å². The first-order valence-electron chi connectivity index (χ1n) is 7.82. The molecular formula is C21H34O. The first-order valence-corrected chi connectivity index (χ1v) is 7.82. The van der Waals surface area contributed by atoms with Gasteiger partial charge < -0.3 is 5.11 Å². The summed E-state index contributed by atoms with van der Waals surface area (Å²) >= 11 is 0. The molecule has 0 aliphatic carbocycles. The van der Waals surface area contributed by atoms with Crippen LogP contribution < -0.4 is 0 Å². The summed E-state index contributed by atoms with van der Waals surface area (Å²) in [5, 5.41) is 8.41. The van der Waals surface area contributed by atoms with E-state index in [-0.39, 0.29) is 5.76 Å². The zero-order chi connectivity index (χ0) is 17.8. The highest BCUT2D eigenvalue weighted by Crippen LogP contribution is 2.02. The first-order chi connectivity index (χ1) is 10.5. The second kappa shape index (κ2) is 21.3. The van der Waals surface area contributed by atoms with Gasteiger partial charge in [-0.1, -0.05) is 82.0 Å². The Morgan fingerprint density at radius 2 is 1.59 bits per heavy atom. The third-order valence-electron chi connectivity index (χ3n) is 2.36. The standard InChI is InChI=1S/C9H12.C5H8O.C5H8.C2H6/c1-3-9-6-4-8(2)5-7-9;1-3-5(6)4-2;1-3-5-4-2;1-2/h4-7H,3H2,1-2H3;3-4,6H,1H2,2H3;3-5H,1H2,2H3;1-2H3/b;5-4+;5-4-;. The van der Waals surface area contributed by atoms with Crippen molar-refractivity contribution >= 4 is 0 Å². The average molecular weight is 303 g/mol. The third kappa shape index (κ3) is 20.3. The number of hydrogen-bond donors (Lipinski definition) is 1. The highest BCUT2D eigenvalue weighted by Gasteiger charge is 1.84. The molecule has 124 valence electrons. The minimum absolute atomic E-state index is 0.231. The highest BCUT2D eigenvalue weighted by atomic mass is 16.3. The fraction of sp³-hybridized carbons (Fsp3) is 0.333. The normalized spacial score (nSPS) is 9.27. The fourth-order valence-corrected chi connectivity index (χ4v) is 1.08. The van der Waals surface area contributed by atoms with Crippen molar-refractivity contribution in [1.82, 2.24) is 0 Å². The Balaban J connectivity index is -0.000000245. The lowest BCUT2D eigenvalue weighted by atomic mass is 10.1. The summed E-state index contributed by atoms with van der Waals surface area (Å²) in [4.78, 5) is 0. The van der Waals surface area contributed by atoms with E-state index >= 15 is 0 Å². The molecule has 0 heterocycles. The van der Waals surface area contributed by atoms with Crippen molar-refractivity contribution in [3.8, 4) is 0 Å². The molecule has 0 spiro atoms. The molecule has 1 nitrogen and oxygen atoms in total. The van der Waals surface area contributed by atoms with Crippen LogP contribution in [-0.4, -0.2) is 5.11 Å². The van der Waals surface area contributed by atoms with E-state index in [1.54, 1.807) is 19.1 Å². The van der Waals surface area contributed by atoms with Gasteiger partial charge in [-0.15, -0.1) is 0 Å². The van der Waals surface area contributed by atoms with Crippen LogP contribution in [0.25, 0.3) is 0 Å². The van der Waals surface area contributed by atoms with Gasteiger partial charge >= 0.3 is 0 Å². The van der Waals surface area contributed by atoms with Gasteiger partial charge in [0.1, 0.15) is 5.76 Å². The molecule has 0 bridgehead atoms. The van der Waals surface area contributed by atoms with E-state index < -0.39 is 0 Å². The zero-order valence-electron chi connectivity index (χ0n) is 15.3. The smallest absolute Gasteiger partial charge is 0.110 e. The Kier molecular flexibility index (Phi) is 24.1. The van der Waals surface area contributed by atoms with Crippen LogP contribution in [-0.2, 0) is 6.42 Å². The van der Waals surface area contributed by atoms with Crippen LogP contribution in [0.1, 0.15) is 45.7 Å². The van der Waals surface area contributed by atoms with Gasteiger partial charge in [0.15, 0.2) is 0 Å². The maximum absolute atomic E-state index is 8.41. The largest absolute Gasteiger partial charge is 0.508 e. The zero-order valence-corrected chi connectivity index (χ0v) is 15.3. The van der Waals surface area contributed by atoms with E-state index in [1.807, 2.05) is 32.9 Å². The summed E-state index contributed by atoms with van der Waals surface area (Å²) in [6, 6.07) is 8.66. The molecule has 0 fully saturated rings. The molecule has 1 aromatic rings. The number of hydrogen-bond acceptors (Lipinski definition) is 1. The fourth-order valence-electron chi connectivity index (χ4n) is 1.08. The molecule has 0 saturated carbocycles. The average Bonchev–Trinajstić information content (AvgIpc) is 2.58. The van der Waals surface area contributed by atoms with E-state index in [9.17, 15) is 0 Å². The van der Waals surface area contributed by atoms with Gasteiger partial charge in [0.05, 0.1) is 0 Å². The van der Waals surface area contributed by atoms with Crippen molar-refractivity contribution in [1.29, 1.82) is 0 Å². The molecule has 0 aliphatic heterocycles. The van der Waals surface area contributed by atoms with Gasteiger partial charge in [-0.05, 0) is 44.9 Å². The lowest BCUT2D eigenvalue weighted by Crippen LogP contribution is -1.77. The molecule has 1 rings (SSSR count). The lowest BCUT2D eigenvalue weighted by Gasteiger charge is -1.94. The number of rotatable bonds is 3. The van der Waals surface area contributed by atoms with Crippen molar-refractivity contribution < 1.29 is 5.11 Å². The minimum Gasteiger partial charge on any atom is -0.508 e. The lowest BCUT2D eigenvalue weighted by molar-refractivity contribution is 0.432. The van der Waals surface area contributed by atoms with Crippen molar-refractivity contribution in [2.45, 2.75) is 48.0 Å². The minimum atomic E-state index is 0.231. The van der Waals surface area contributed by atoms with Crippen molar-refractivity contribution in [2.24, 2.45) is 0 Å². The third-order valence-corrected chi connectivity index (χ3v) is 2.36. The first kappa shape index (κ1) is 25.0. The summed E-state index contributed by atoms with van der Waals surface area (Å²) in [6.07, 6.45) is 9.68. The molecule has 1 N–H and O–H groups in total. The molecule has 0 atom stereocenters. The maximum Gasteiger partial charge on any atom is 0.110 e. The van der Waals surface area contributed by atoms with Crippen LogP contribution in [0.4, 0.5) is 0 Å². The van der Waals surface area contributed by atoms with Gasteiger partial charge in [0, 0.05) is 0 Å². The van der Waals surface area contributed by atoms with E-state index in [1.165, 1.54) is 17.2 Å². The van der Waals surface area contributed by atoms with Crippen LogP contribution in [0.5, 0.6) is 0 Å². The number of aliphatic hydroxyl groups is 1. The summed E-state index contributed by atoms with van der Waals surface area (Å²) in [5.74, 6) is 0.231. The van der Waals surface area contributed by atoms with Gasteiger partial charge in [0.25, 0.3) is 0 Å². The summed E-state index contributed by atoms with van der Waals surface area (Å²) in [7, 11) is 0. The second-order valence-corrected chi connectivity index (χ2v) is 4.02. The van der Waals surface area contributed by atoms with Crippen molar-refractivity contribution in [2.75, 3.05) is 0 Å². The molecule has 1 heteroatoms. The number of aryl methyl sites for hydroxylation is 2. The van der Waals surface area contributed by atoms with Crippen LogP contribution >= 0.6 is 0 Å². The highest BCUT2D eigenvalue weighted by molar-refractivity contribution is 5.20. The van der Waals surface area contributed by atoms with Gasteiger partial charge in [-0.3, -0.25) is 0 Å². The quantitative estimate of drug-likeness (QED) is 0.472. The molecule has 0 saturated heterocycles.